The van der Waals surface area contributed by atoms with E-state index in [0.29, 0.717) is 18.4 Å². The Balaban J connectivity index is 1.13. The van der Waals surface area contributed by atoms with Gasteiger partial charge in [-0.3, -0.25) is 9.80 Å². The Kier molecular flexibility index (Phi) is 7.94. The number of hydrogen-bond donors (Lipinski definition) is 0. The van der Waals surface area contributed by atoms with Gasteiger partial charge in [0.1, 0.15) is 12.4 Å². The van der Waals surface area contributed by atoms with Crippen LogP contribution < -0.4 is 4.74 Å². The number of benzene rings is 3. The lowest BCUT2D eigenvalue weighted by molar-refractivity contribution is -0.146. The van der Waals surface area contributed by atoms with E-state index in [4.69, 9.17) is 21.1 Å². The molecule has 1 fully saturated rings. The molecule has 5 rings (SSSR count). The molecule has 1 saturated heterocycles. The molecule has 5 nitrogen and oxygen atoms in total. The van der Waals surface area contributed by atoms with Crippen LogP contribution in [0.2, 0.25) is 5.02 Å². The number of fused-ring (bicyclic) bond motifs is 2. The second-order valence-electron chi connectivity index (χ2n) is 8.81. The fourth-order valence-electron chi connectivity index (χ4n) is 4.71. The van der Waals surface area contributed by atoms with Gasteiger partial charge in [0, 0.05) is 53.6 Å². The van der Waals surface area contributed by atoms with Crippen molar-refractivity contribution in [2.45, 2.75) is 22.3 Å². The van der Waals surface area contributed by atoms with E-state index in [1.54, 1.807) is 0 Å². The minimum absolute atomic E-state index is 0.0671. The molecule has 2 aliphatic heterocycles. The summed E-state index contributed by atoms with van der Waals surface area (Å²) in [5.74, 6) is 0.335. The highest BCUT2D eigenvalue weighted by molar-refractivity contribution is 7.99. The third kappa shape index (κ3) is 6.19. The third-order valence-electron chi connectivity index (χ3n) is 6.55. The molecule has 2 heterocycles. The lowest BCUT2D eigenvalue weighted by atomic mass is 9.96. The van der Waals surface area contributed by atoms with Gasteiger partial charge in [-0.25, -0.2) is 4.79 Å². The largest absolute Gasteiger partial charge is 0.482 e. The number of hydrogen-bond acceptors (Lipinski definition) is 6. The number of carbonyl (C=O) groups excluding carboxylic acids is 1. The summed E-state index contributed by atoms with van der Waals surface area (Å²) in [5.41, 5.74) is 2.71. The molecule has 35 heavy (non-hydrogen) atoms. The van der Waals surface area contributed by atoms with Crippen molar-refractivity contribution in [3.8, 4) is 5.75 Å². The van der Waals surface area contributed by atoms with Gasteiger partial charge in [0.25, 0.3) is 0 Å². The van der Waals surface area contributed by atoms with Crippen molar-refractivity contribution in [2.24, 2.45) is 0 Å². The average Bonchev–Trinajstić information content (AvgIpc) is 3.05. The lowest BCUT2D eigenvalue weighted by Gasteiger charge is -2.39. The summed E-state index contributed by atoms with van der Waals surface area (Å²) in [6.07, 6.45) is 0.957. The highest BCUT2D eigenvalue weighted by atomic mass is 35.5. The number of rotatable bonds is 7. The number of halogens is 1. The highest BCUT2D eigenvalue weighted by Gasteiger charge is 2.30. The van der Waals surface area contributed by atoms with Crippen LogP contribution in [0.1, 0.15) is 17.2 Å². The summed E-state index contributed by atoms with van der Waals surface area (Å²) in [7, 11) is 0. The zero-order chi connectivity index (χ0) is 24.0. The van der Waals surface area contributed by atoms with E-state index in [1.807, 2.05) is 48.2 Å². The van der Waals surface area contributed by atoms with Crippen molar-refractivity contribution in [2.75, 3.05) is 45.9 Å². The van der Waals surface area contributed by atoms with Crippen LogP contribution in [0.15, 0.2) is 82.6 Å². The van der Waals surface area contributed by atoms with Gasteiger partial charge in [0.05, 0.1) is 0 Å². The molecule has 0 spiro atoms. The molecular weight excluding hydrogens is 480 g/mol. The molecule has 3 aromatic rings. The van der Waals surface area contributed by atoms with Crippen molar-refractivity contribution < 1.29 is 14.3 Å². The summed E-state index contributed by atoms with van der Waals surface area (Å²) in [6, 6.07) is 24.6. The first-order valence-corrected chi connectivity index (χ1v) is 13.2. The van der Waals surface area contributed by atoms with Crippen molar-refractivity contribution in [1.29, 1.82) is 0 Å². The van der Waals surface area contributed by atoms with E-state index in [-0.39, 0.29) is 12.6 Å². The Labute approximate surface area is 216 Å². The smallest absolute Gasteiger partial charge is 0.344 e. The second-order valence-corrected chi connectivity index (χ2v) is 10.3. The topological polar surface area (TPSA) is 42.0 Å². The number of nitrogens with zero attached hydrogens (tertiary/aromatic N) is 2. The summed E-state index contributed by atoms with van der Waals surface area (Å²) in [4.78, 5) is 19.6. The molecule has 2 aliphatic rings. The Morgan fingerprint density at radius 1 is 0.943 bits per heavy atom. The van der Waals surface area contributed by atoms with Crippen molar-refractivity contribution in [3.05, 3.63) is 88.9 Å². The van der Waals surface area contributed by atoms with E-state index < -0.39 is 0 Å². The van der Waals surface area contributed by atoms with Crippen LogP contribution in [0.25, 0.3) is 0 Å². The summed E-state index contributed by atoms with van der Waals surface area (Å²) >= 11 is 8.18. The third-order valence-corrected chi connectivity index (χ3v) is 8.00. The first-order chi connectivity index (χ1) is 17.2. The average molecular weight is 509 g/mol. The van der Waals surface area contributed by atoms with Crippen LogP contribution in [-0.2, 0) is 16.0 Å². The quantitative estimate of drug-likeness (QED) is 0.402. The first kappa shape index (κ1) is 24.2. The minimum atomic E-state index is -0.336. The maximum atomic E-state index is 12.0. The SMILES string of the molecule is O=C(COc1ccccc1)OCCN1CCN(C2Cc3cc(Cl)ccc3Sc3ccccc32)CC1. The van der Waals surface area contributed by atoms with Gasteiger partial charge in [0.15, 0.2) is 6.61 Å². The van der Waals surface area contributed by atoms with E-state index >= 15 is 0 Å². The van der Waals surface area contributed by atoms with Gasteiger partial charge < -0.3 is 9.47 Å². The number of piperazine rings is 1. The number of carbonyl (C=O) groups is 1. The number of ether oxygens (including phenoxy) is 2. The maximum absolute atomic E-state index is 12.0. The summed E-state index contributed by atoms with van der Waals surface area (Å²) in [6.45, 7) is 4.91. The monoisotopic (exact) mass is 508 g/mol. The Bertz CT molecular complexity index is 1150. The molecule has 0 saturated carbocycles. The van der Waals surface area contributed by atoms with Crippen molar-refractivity contribution >= 4 is 29.3 Å². The van der Waals surface area contributed by atoms with Crippen molar-refractivity contribution in [1.82, 2.24) is 9.80 Å². The van der Waals surface area contributed by atoms with Gasteiger partial charge in [-0.15, -0.1) is 0 Å². The molecule has 0 N–H and O–H groups in total. The number of para-hydroxylation sites is 1. The zero-order valence-electron chi connectivity index (χ0n) is 19.6. The maximum Gasteiger partial charge on any atom is 0.344 e. The summed E-state index contributed by atoms with van der Waals surface area (Å²) in [5, 5.41) is 0.794. The first-order valence-electron chi connectivity index (χ1n) is 12.0. The molecular formula is C28H29ClN2O3S. The highest BCUT2D eigenvalue weighted by Crippen LogP contribution is 2.43. The normalized spacial score (nSPS) is 18.3. The van der Waals surface area contributed by atoms with E-state index in [9.17, 15) is 4.79 Å². The molecule has 7 heteroatoms. The molecule has 0 radical (unpaired) electrons. The molecule has 0 bridgehead atoms. The van der Waals surface area contributed by atoms with E-state index in [1.165, 1.54) is 20.9 Å². The molecule has 0 aromatic heterocycles. The standard InChI is InChI=1S/C28H29ClN2O3S/c29-22-10-11-26-21(18-22)19-25(24-8-4-5-9-27(24)35-26)31-14-12-30(13-15-31)16-17-33-28(32)20-34-23-6-2-1-3-7-23/h1-11,18,25H,12-17,19-20H2. The fourth-order valence-corrected chi connectivity index (χ4v) is 6.02. The van der Waals surface area contributed by atoms with Gasteiger partial charge in [-0.05, 0) is 53.9 Å². The Morgan fingerprint density at radius 2 is 1.71 bits per heavy atom. The van der Waals surface area contributed by atoms with Crippen LogP contribution in [0.3, 0.4) is 0 Å². The minimum Gasteiger partial charge on any atom is -0.482 e. The van der Waals surface area contributed by atoms with Gasteiger partial charge in [-0.1, -0.05) is 59.8 Å². The predicted molar refractivity (Wildman–Crippen MR) is 139 cm³/mol. The molecule has 1 unspecified atom stereocenters. The fraction of sp³-hybridized carbons (Fsp3) is 0.321. The number of esters is 1. The van der Waals surface area contributed by atoms with Gasteiger partial charge in [0.2, 0.25) is 0 Å². The van der Waals surface area contributed by atoms with Crippen molar-refractivity contribution in [3.63, 3.8) is 0 Å². The molecule has 3 aromatic carbocycles. The predicted octanol–water partition coefficient (Wildman–Crippen LogP) is 5.33. The molecule has 0 aliphatic carbocycles. The van der Waals surface area contributed by atoms with Crippen LogP contribution in [-0.4, -0.2) is 61.7 Å². The Hall–Kier alpha value is -2.51. The summed E-state index contributed by atoms with van der Waals surface area (Å²) < 4.78 is 10.8. The lowest BCUT2D eigenvalue weighted by Crippen LogP contribution is -2.48. The molecule has 182 valence electrons. The zero-order valence-corrected chi connectivity index (χ0v) is 21.1. The van der Waals surface area contributed by atoms with E-state index in [0.717, 1.165) is 44.2 Å². The van der Waals surface area contributed by atoms with Gasteiger partial charge in [-0.2, -0.15) is 0 Å². The second kappa shape index (κ2) is 11.5. The van der Waals surface area contributed by atoms with Crippen LogP contribution >= 0.6 is 23.4 Å². The van der Waals surface area contributed by atoms with Crippen LogP contribution in [0.5, 0.6) is 5.75 Å². The van der Waals surface area contributed by atoms with Gasteiger partial charge >= 0.3 is 5.97 Å². The van der Waals surface area contributed by atoms with Crippen LogP contribution in [0, 0.1) is 0 Å². The molecule has 1 atom stereocenters. The molecule has 0 amide bonds. The van der Waals surface area contributed by atoms with E-state index in [2.05, 4.69) is 46.2 Å². The van der Waals surface area contributed by atoms with Crippen LogP contribution in [0.4, 0.5) is 0 Å². The Morgan fingerprint density at radius 3 is 2.54 bits per heavy atom.